The number of halogens is 1. The van der Waals surface area contributed by atoms with Gasteiger partial charge in [-0.05, 0) is 48.6 Å². The maximum Gasteiger partial charge on any atom is 0.270 e. The largest absolute Gasteiger partial charge is 0.352 e. The molecule has 2 aromatic carbocycles. The van der Waals surface area contributed by atoms with E-state index in [1.807, 2.05) is 42.2 Å². The molecule has 2 amide bonds. The monoisotopic (exact) mass is 407 g/mol. The lowest BCUT2D eigenvalue weighted by atomic mass is 9.84. The number of nitrogens with zero attached hydrogens (tertiary/aromatic N) is 1. The lowest BCUT2D eigenvalue weighted by Gasteiger charge is -2.34. The molecule has 2 heterocycles. The second-order valence-corrected chi connectivity index (χ2v) is 8.03. The number of carbonyl (C=O) groups excluding carboxylic acids is 2. The number of hydrogen-bond acceptors (Lipinski definition) is 2. The van der Waals surface area contributed by atoms with E-state index in [9.17, 15) is 14.0 Å². The van der Waals surface area contributed by atoms with Crippen LogP contribution in [0.1, 0.15) is 35.8 Å². The van der Waals surface area contributed by atoms with Gasteiger partial charge in [-0.2, -0.15) is 0 Å². The molecule has 2 N–H and O–H groups in total. The number of likely N-dealkylation sites (tertiary alicyclic amines) is 1. The Morgan fingerprint density at radius 1 is 1.13 bits per heavy atom. The quantitative estimate of drug-likeness (QED) is 0.668. The summed E-state index contributed by atoms with van der Waals surface area (Å²) in [5.41, 5.74) is 2.44. The molecule has 0 bridgehead atoms. The maximum atomic E-state index is 13.0. The summed E-state index contributed by atoms with van der Waals surface area (Å²) in [6.07, 6.45) is 1.61. The molecular weight excluding hydrogens is 381 g/mol. The van der Waals surface area contributed by atoms with Crippen LogP contribution in [0.2, 0.25) is 0 Å². The van der Waals surface area contributed by atoms with Crippen LogP contribution in [-0.4, -0.2) is 34.8 Å². The van der Waals surface area contributed by atoms with Crippen LogP contribution in [0.25, 0.3) is 10.9 Å². The van der Waals surface area contributed by atoms with Gasteiger partial charge in [0.25, 0.3) is 5.91 Å². The number of nitrogens with one attached hydrogen (secondary N) is 2. The van der Waals surface area contributed by atoms with E-state index in [0.29, 0.717) is 25.3 Å². The highest BCUT2D eigenvalue weighted by Gasteiger charge is 2.30. The van der Waals surface area contributed by atoms with Crippen molar-refractivity contribution in [3.05, 3.63) is 71.7 Å². The van der Waals surface area contributed by atoms with Gasteiger partial charge in [-0.3, -0.25) is 9.59 Å². The van der Waals surface area contributed by atoms with Crippen molar-refractivity contribution in [2.24, 2.45) is 11.8 Å². The number of aromatic amines is 1. The molecule has 1 atom stereocenters. The zero-order chi connectivity index (χ0) is 21.1. The Morgan fingerprint density at radius 3 is 2.53 bits per heavy atom. The van der Waals surface area contributed by atoms with E-state index in [2.05, 4.69) is 10.3 Å². The number of carbonyl (C=O) groups is 2. The van der Waals surface area contributed by atoms with Crippen molar-refractivity contribution in [2.45, 2.75) is 26.3 Å². The minimum atomic E-state index is -0.285. The zero-order valence-electron chi connectivity index (χ0n) is 17.0. The number of hydrogen-bond donors (Lipinski definition) is 2. The van der Waals surface area contributed by atoms with Crippen LogP contribution < -0.4 is 5.32 Å². The predicted octanol–water partition coefficient (Wildman–Crippen LogP) is 4.11. The Morgan fingerprint density at radius 2 is 1.83 bits per heavy atom. The summed E-state index contributed by atoms with van der Waals surface area (Å²) in [5.74, 6) is -0.161. The average molecular weight is 407 g/mol. The fraction of sp³-hybridized carbons (Fsp3) is 0.333. The molecule has 30 heavy (non-hydrogen) atoms. The Kier molecular flexibility index (Phi) is 5.84. The number of aromatic nitrogens is 1. The number of amides is 2. The fourth-order valence-corrected chi connectivity index (χ4v) is 4.13. The second kappa shape index (κ2) is 8.69. The number of H-pyrrole nitrogens is 1. The molecule has 1 aliphatic heterocycles. The molecule has 0 radical (unpaired) electrons. The summed E-state index contributed by atoms with van der Waals surface area (Å²) in [6, 6.07) is 15.9. The van der Waals surface area contributed by atoms with Gasteiger partial charge in [0.1, 0.15) is 11.5 Å². The van der Waals surface area contributed by atoms with Crippen molar-refractivity contribution < 1.29 is 14.0 Å². The number of fused-ring (bicyclic) bond motifs is 1. The zero-order valence-corrected chi connectivity index (χ0v) is 17.0. The maximum absolute atomic E-state index is 13.0. The van der Waals surface area contributed by atoms with Crippen molar-refractivity contribution in [1.82, 2.24) is 15.2 Å². The third-order valence-electron chi connectivity index (χ3n) is 6.09. The summed E-state index contributed by atoms with van der Waals surface area (Å²) in [7, 11) is 0. The van der Waals surface area contributed by atoms with E-state index in [0.717, 1.165) is 29.3 Å². The highest BCUT2D eigenvalue weighted by Crippen LogP contribution is 2.26. The molecule has 1 fully saturated rings. The molecule has 3 aromatic rings. The third-order valence-corrected chi connectivity index (χ3v) is 6.09. The van der Waals surface area contributed by atoms with Crippen LogP contribution in [0.15, 0.2) is 54.6 Å². The smallest absolute Gasteiger partial charge is 0.270 e. The summed E-state index contributed by atoms with van der Waals surface area (Å²) >= 11 is 0. The normalized spacial score (nSPS) is 15.9. The average Bonchev–Trinajstić information content (AvgIpc) is 3.22. The van der Waals surface area contributed by atoms with Crippen molar-refractivity contribution in [1.29, 1.82) is 0 Å². The van der Waals surface area contributed by atoms with Gasteiger partial charge in [0, 0.05) is 36.5 Å². The van der Waals surface area contributed by atoms with Crippen molar-refractivity contribution in [2.75, 3.05) is 13.1 Å². The van der Waals surface area contributed by atoms with Gasteiger partial charge in [-0.15, -0.1) is 0 Å². The van der Waals surface area contributed by atoms with E-state index in [1.54, 1.807) is 12.1 Å². The number of para-hydroxylation sites is 1. The van der Waals surface area contributed by atoms with Gasteiger partial charge >= 0.3 is 0 Å². The highest BCUT2D eigenvalue weighted by molar-refractivity contribution is 5.98. The van der Waals surface area contributed by atoms with Crippen LogP contribution in [0, 0.1) is 17.7 Å². The van der Waals surface area contributed by atoms with Crippen molar-refractivity contribution in [3.8, 4) is 0 Å². The number of benzene rings is 2. The first-order valence-corrected chi connectivity index (χ1v) is 10.4. The van der Waals surface area contributed by atoms with E-state index >= 15 is 0 Å². The lowest BCUT2D eigenvalue weighted by Crippen LogP contribution is -2.42. The first kappa shape index (κ1) is 20.1. The molecule has 1 saturated heterocycles. The Labute approximate surface area is 175 Å². The van der Waals surface area contributed by atoms with Gasteiger partial charge in [0.05, 0.1) is 0 Å². The SMILES string of the molecule is C[C@H](C(=O)NCc1ccc(F)cc1)C1CCN(C(=O)c2cc3ccccc3[nH]2)CC1. The van der Waals surface area contributed by atoms with Gasteiger partial charge in [-0.1, -0.05) is 37.3 Å². The van der Waals surface area contributed by atoms with E-state index in [4.69, 9.17) is 0 Å². The molecule has 6 heteroatoms. The molecule has 1 aromatic heterocycles. The lowest BCUT2D eigenvalue weighted by molar-refractivity contribution is -0.126. The van der Waals surface area contributed by atoms with Gasteiger partial charge in [-0.25, -0.2) is 4.39 Å². The highest BCUT2D eigenvalue weighted by atomic mass is 19.1. The minimum absolute atomic E-state index is 0.000260. The van der Waals surface area contributed by atoms with Gasteiger partial charge in [0.2, 0.25) is 5.91 Å². The van der Waals surface area contributed by atoms with Gasteiger partial charge < -0.3 is 15.2 Å². The fourth-order valence-electron chi connectivity index (χ4n) is 4.13. The Balaban J connectivity index is 1.29. The number of rotatable bonds is 5. The first-order valence-electron chi connectivity index (χ1n) is 10.4. The van der Waals surface area contributed by atoms with Crippen LogP contribution in [0.4, 0.5) is 4.39 Å². The molecular formula is C24H26FN3O2. The molecule has 0 saturated carbocycles. The van der Waals surface area contributed by atoms with Crippen molar-refractivity contribution in [3.63, 3.8) is 0 Å². The van der Waals surface area contributed by atoms with Crippen LogP contribution in [0.5, 0.6) is 0 Å². The topological polar surface area (TPSA) is 65.2 Å². The van der Waals surface area contributed by atoms with Gasteiger partial charge in [0.15, 0.2) is 0 Å². The summed E-state index contributed by atoms with van der Waals surface area (Å²) < 4.78 is 13.0. The molecule has 0 aliphatic carbocycles. The van der Waals surface area contributed by atoms with Crippen LogP contribution in [-0.2, 0) is 11.3 Å². The second-order valence-electron chi connectivity index (χ2n) is 8.03. The summed E-state index contributed by atoms with van der Waals surface area (Å²) in [6.45, 7) is 3.63. The molecule has 5 nitrogen and oxygen atoms in total. The molecule has 1 aliphatic rings. The predicted molar refractivity (Wildman–Crippen MR) is 114 cm³/mol. The third kappa shape index (κ3) is 4.37. The Bertz CT molecular complexity index is 1000. The minimum Gasteiger partial charge on any atom is -0.352 e. The van der Waals surface area contributed by atoms with E-state index in [-0.39, 0.29) is 29.5 Å². The van der Waals surface area contributed by atoms with E-state index < -0.39 is 0 Å². The standard InChI is InChI=1S/C24H26FN3O2/c1-16(23(29)26-15-17-6-8-20(25)9-7-17)18-10-12-28(13-11-18)24(30)22-14-19-4-2-3-5-21(19)27-22/h2-9,14,16,18,27H,10-13,15H2,1H3,(H,26,29)/t16-/m0/s1. The van der Waals surface area contributed by atoms with Crippen LogP contribution in [0.3, 0.4) is 0 Å². The molecule has 4 rings (SSSR count). The molecule has 0 spiro atoms. The first-order chi connectivity index (χ1) is 14.5. The van der Waals surface area contributed by atoms with Crippen LogP contribution >= 0.6 is 0 Å². The van der Waals surface area contributed by atoms with Crippen molar-refractivity contribution >= 4 is 22.7 Å². The molecule has 0 unspecified atom stereocenters. The summed E-state index contributed by atoms with van der Waals surface area (Å²) in [4.78, 5) is 30.5. The summed E-state index contributed by atoms with van der Waals surface area (Å²) in [5, 5.41) is 3.97. The number of piperidine rings is 1. The van der Waals surface area contributed by atoms with E-state index in [1.165, 1.54) is 12.1 Å². The molecule has 156 valence electrons. The Hall–Kier alpha value is -3.15.